The minimum Gasteiger partial charge on any atom is -0.381 e. The normalized spacial score (nSPS) is 21.3. The first-order valence-electron chi connectivity index (χ1n) is 12.3. The summed E-state index contributed by atoms with van der Waals surface area (Å²) >= 11 is 0. The monoisotopic (exact) mass is 404 g/mol. The Kier molecular flexibility index (Phi) is 10.7. The van der Waals surface area contributed by atoms with Gasteiger partial charge in [0.15, 0.2) is 0 Å². The molecule has 0 radical (unpaired) electrons. The molecule has 2 aliphatic carbocycles. The Morgan fingerprint density at radius 1 is 0.655 bits per heavy atom. The topological polar surface area (TPSA) is 9.23 Å². The van der Waals surface area contributed by atoms with E-state index in [0.29, 0.717) is 16.2 Å². The molecule has 1 heteroatoms. The van der Waals surface area contributed by atoms with E-state index in [1.165, 1.54) is 57.8 Å². The van der Waals surface area contributed by atoms with Crippen molar-refractivity contribution in [3.63, 3.8) is 0 Å². The highest BCUT2D eigenvalue weighted by atomic mass is 16.5. The maximum absolute atomic E-state index is 5.29. The maximum atomic E-state index is 5.29. The lowest BCUT2D eigenvalue weighted by Crippen LogP contribution is -2.27. The van der Waals surface area contributed by atoms with Crippen LogP contribution in [0.4, 0.5) is 0 Å². The van der Waals surface area contributed by atoms with Crippen LogP contribution in [-0.2, 0) is 4.74 Å². The van der Waals surface area contributed by atoms with Crippen molar-refractivity contribution in [2.24, 2.45) is 22.2 Å². The van der Waals surface area contributed by atoms with Gasteiger partial charge >= 0.3 is 0 Å². The summed E-state index contributed by atoms with van der Waals surface area (Å²) in [6.07, 6.45) is 16.8. The Morgan fingerprint density at radius 3 is 1.38 bits per heavy atom. The second-order valence-electron chi connectivity index (χ2n) is 12.3. The zero-order chi connectivity index (χ0) is 22.1. The highest BCUT2D eigenvalue weighted by molar-refractivity contribution is 5.14. The summed E-state index contributed by atoms with van der Waals surface area (Å²) < 4.78 is 5.29. The van der Waals surface area contributed by atoms with Crippen LogP contribution in [0.3, 0.4) is 0 Å². The molecule has 1 aliphatic heterocycles. The maximum Gasteiger partial charge on any atom is 0.0468 e. The van der Waals surface area contributed by atoms with E-state index in [9.17, 15) is 0 Å². The van der Waals surface area contributed by atoms with E-state index >= 15 is 0 Å². The van der Waals surface area contributed by atoms with Gasteiger partial charge in [-0.3, -0.25) is 0 Å². The molecule has 1 fully saturated rings. The fourth-order valence-electron chi connectivity index (χ4n) is 4.43. The van der Waals surface area contributed by atoms with Crippen LogP contribution in [0.15, 0.2) is 23.3 Å². The molecule has 29 heavy (non-hydrogen) atoms. The standard InChI is InChI=1S/C10H18.C9H18O.C9H16/c1-10(2,3)9-7-5-4-6-8-9;1-9(2,3)8-4-6-10-7-5-8;1-9(2,3)8-6-4-5-7-8/h7H,4-6,8H2,1-3H3;8H,4-7H2,1-3H3;6H,4-5,7H2,1-3H3. The molecule has 3 aliphatic rings. The minimum absolute atomic E-state index is 0.431. The zero-order valence-corrected chi connectivity index (χ0v) is 21.4. The number of allylic oxidation sites excluding steroid dienone is 4. The van der Waals surface area contributed by atoms with E-state index in [4.69, 9.17) is 4.74 Å². The van der Waals surface area contributed by atoms with E-state index in [2.05, 4.69) is 74.5 Å². The van der Waals surface area contributed by atoms with Crippen molar-refractivity contribution >= 4 is 0 Å². The summed E-state index contributed by atoms with van der Waals surface area (Å²) in [5.41, 5.74) is 4.68. The van der Waals surface area contributed by atoms with Crippen molar-refractivity contribution in [3.05, 3.63) is 23.3 Å². The lowest BCUT2D eigenvalue weighted by molar-refractivity contribution is 0.0286. The molecule has 0 aromatic carbocycles. The summed E-state index contributed by atoms with van der Waals surface area (Å²) in [5, 5.41) is 0. The minimum atomic E-state index is 0.431. The third-order valence-electron chi connectivity index (χ3n) is 6.70. The molecule has 0 aromatic heterocycles. The van der Waals surface area contributed by atoms with Crippen LogP contribution in [0.1, 0.15) is 120 Å². The Hall–Kier alpha value is -0.560. The summed E-state index contributed by atoms with van der Waals surface area (Å²) in [4.78, 5) is 0. The van der Waals surface area contributed by atoms with Gasteiger partial charge in [-0.25, -0.2) is 0 Å². The average molecular weight is 405 g/mol. The van der Waals surface area contributed by atoms with Crippen molar-refractivity contribution in [3.8, 4) is 0 Å². The molecule has 1 nitrogen and oxygen atoms in total. The van der Waals surface area contributed by atoms with E-state index < -0.39 is 0 Å². The predicted molar refractivity (Wildman–Crippen MR) is 130 cm³/mol. The Bertz CT molecular complexity index is 510. The third kappa shape index (κ3) is 10.9. The van der Waals surface area contributed by atoms with E-state index in [-0.39, 0.29) is 0 Å². The highest BCUT2D eigenvalue weighted by Gasteiger charge is 2.26. The quantitative estimate of drug-likeness (QED) is 0.366. The van der Waals surface area contributed by atoms with Gasteiger partial charge in [0.1, 0.15) is 0 Å². The average Bonchev–Trinajstić information content (AvgIpc) is 3.18. The molecular formula is C28H52O. The molecule has 0 amide bonds. The van der Waals surface area contributed by atoms with Gasteiger partial charge in [-0.2, -0.15) is 0 Å². The van der Waals surface area contributed by atoms with Gasteiger partial charge in [-0.05, 0) is 80.0 Å². The van der Waals surface area contributed by atoms with Gasteiger partial charge in [0.05, 0.1) is 0 Å². The number of rotatable bonds is 0. The smallest absolute Gasteiger partial charge is 0.0468 e. The molecule has 0 aromatic rings. The summed E-state index contributed by atoms with van der Waals surface area (Å²) in [6, 6.07) is 0. The summed E-state index contributed by atoms with van der Waals surface area (Å²) in [6.45, 7) is 22.7. The molecule has 0 atom stereocenters. The second kappa shape index (κ2) is 11.7. The molecule has 0 unspecified atom stereocenters. The molecule has 1 saturated heterocycles. The largest absolute Gasteiger partial charge is 0.381 e. The van der Waals surface area contributed by atoms with E-state index in [1.54, 1.807) is 11.1 Å². The van der Waals surface area contributed by atoms with Crippen molar-refractivity contribution in [1.29, 1.82) is 0 Å². The van der Waals surface area contributed by atoms with Crippen molar-refractivity contribution in [1.82, 2.24) is 0 Å². The van der Waals surface area contributed by atoms with Gasteiger partial charge < -0.3 is 4.74 Å². The molecule has 1 heterocycles. The molecule has 0 N–H and O–H groups in total. The first kappa shape index (κ1) is 26.5. The molecule has 0 saturated carbocycles. The molecule has 0 bridgehead atoms. The van der Waals surface area contributed by atoms with Gasteiger partial charge in [-0.15, -0.1) is 0 Å². The lowest BCUT2D eigenvalue weighted by atomic mass is 9.76. The predicted octanol–water partition coefficient (Wildman–Crippen LogP) is 9.13. The fraction of sp³-hybridized carbons (Fsp3) is 0.857. The molecule has 0 spiro atoms. The van der Waals surface area contributed by atoms with Crippen LogP contribution in [0.2, 0.25) is 0 Å². The van der Waals surface area contributed by atoms with Crippen LogP contribution >= 0.6 is 0 Å². The second-order valence-corrected chi connectivity index (χ2v) is 12.3. The van der Waals surface area contributed by atoms with Gasteiger partial charge in [0.2, 0.25) is 0 Å². The van der Waals surface area contributed by atoms with E-state index in [1.807, 2.05) is 0 Å². The number of hydrogen-bond donors (Lipinski definition) is 0. The Labute approximate surface area is 183 Å². The number of ether oxygens (including phenoxy) is 1. The SMILES string of the molecule is CC(C)(C)C1=CCCC1.CC(C)(C)C1=CCCCC1.CC(C)(C)C1CCOCC1. The third-order valence-corrected chi connectivity index (χ3v) is 6.70. The van der Waals surface area contributed by atoms with E-state index in [0.717, 1.165) is 19.1 Å². The molecule has 170 valence electrons. The van der Waals surface area contributed by atoms with Crippen LogP contribution in [-0.4, -0.2) is 13.2 Å². The van der Waals surface area contributed by atoms with Crippen LogP contribution < -0.4 is 0 Å². The zero-order valence-electron chi connectivity index (χ0n) is 21.4. The number of hydrogen-bond acceptors (Lipinski definition) is 1. The lowest BCUT2D eigenvalue weighted by Gasteiger charge is -2.33. The molecular weight excluding hydrogens is 352 g/mol. The van der Waals surface area contributed by atoms with Crippen molar-refractivity contribution in [2.45, 2.75) is 120 Å². The van der Waals surface area contributed by atoms with Crippen molar-refractivity contribution in [2.75, 3.05) is 13.2 Å². The van der Waals surface area contributed by atoms with Gasteiger partial charge in [0, 0.05) is 13.2 Å². The van der Waals surface area contributed by atoms with Gasteiger partial charge in [0.25, 0.3) is 0 Å². The van der Waals surface area contributed by atoms with Crippen LogP contribution in [0, 0.1) is 22.2 Å². The summed E-state index contributed by atoms with van der Waals surface area (Å²) in [7, 11) is 0. The Morgan fingerprint density at radius 2 is 1.10 bits per heavy atom. The van der Waals surface area contributed by atoms with Crippen LogP contribution in [0.5, 0.6) is 0 Å². The fourth-order valence-corrected chi connectivity index (χ4v) is 4.43. The van der Waals surface area contributed by atoms with Crippen molar-refractivity contribution < 1.29 is 4.74 Å². The first-order valence-corrected chi connectivity index (χ1v) is 12.3. The first-order chi connectivity index (χ1) is 13.3. The summed E-state index contributed by atoms with van der Waals surface area (Å²) in [5.74, 6) is 0.876. The van der Waals surface area contributed by atoms with Gasteiger partial charge in [-0.1, -0.05) is 85.6 Å². The van der Waals surface area contributed by atoms with Crippen LogP contribution in [0.25, 0.3) is 0 Å². The highest BCUT2D eigenvalue weighted by Crippen LogP contribution is 2.34. The Balaban J connectivity index is 0.000000218. The molecule has 3 rings (SSSR count).